The van der Waals surface area contributed by atoms with Gasteiger partial charge in [0.1, 0.15) is 0 Å². The Balaban J connectivity index is 1.72. The van der Waals surface area contributed by atoms with E-state index in [-0.39, 0.29) is 17.8 Å². The highest BCUT2D eigenvalue weighted by atomic mass is 16.7. The summed E-state index contributed by atoms with van der Waals surface area (Å²) in [7, 11) is 0. The highest BCUT2D eigenvalue weighted by Gasteiger charge is 2.35. The molecule has 1 N–H and O–H groups in total. The number of nitrogens with zero attached hydrogens (tertiary/aromatic N) is 4. The first-order chi connectivity index (χ1) is 16.0. The first-order valence-corrected chi connectivity index (χ1v) is 10.3. The van der Waals surface area contributed by atoms with E-state index < -0.39 is 16.9 Å². The summed E-state index contributed by atoms with van der Waals surface area (Å²) < 4.78 is 0. The number of nitrogens with one attached hydrogen (secondary N) is 1. The van der Waals surface area contributed by atoms with Crippen molar-refractivity contribution in [1.29, 1.82) is 0 Å². The molecule has 3 aromatic carbocycles. The van der Waals surface area contributed by atoms with E-state index >= 15 is 0 Å². The van der Waals surface area contributed by atoms with Gasteiger partial charge in [-0.25, -0.2) is 14.8 Å². The third-order valence-electron chi connectivity index (χ3n) is 5.52. The second-order valence-electron chi connectivity index (χ2n) is 7.71. The van der Waals surface area contributed by atoms with Gasteiger partial charge in [-0.1, -0.05) is 47.6 Å². The van der Waals surface area contributed by atoms with E-state index in [1.807, 2.05) is 43.3 Å². The third-order valence-corrected chi connectivity index (χ3v) is 5.52. The molecule has 164 valence electrons. The van der Waals surface area contributed by atoms with Crippen LogP contribution in [-0.2, 0) is 9.63 Å². The van der Waals surface area contributed by atoms with Crippen LogP contribution in [0, 0.1) is 17.0 Å². The van der Waals surface area contributed by atoms with Crippen molar-refractivity contribution < 1.29 is 14.6 Å². The average molecular weight is 441 g/mol. The molecule has 0 aliphatic carbocycles. The van der Waals surface area contributed by atoms with Gasteiger partial charge in [-0.2, -0.15) is 0 Å². The number of carbonyl (C=O) groups excluding carboxylic acids is 1. The number of nitro groups is 1. The van der Waals surface area contributed by atoms with E-state index in [1.54, 1.807) is 30.3 Å². The van der Waals surface area contributed by atoms with E-state index in [2.05, 4.69) is 5.59 Å². The van der Waals surface area contributed by atoms with Gasteiger partial charge >= 0.3 is 5.97 Å². The van der Waals surface area contributed by atoms with Crippen molar-refractivity contribution in [1.82, 2.24) is 5.59 Å². The molecule has 2 aliphatic rings. The summed E-state index contributed by atoms with van der Waals surface area (Å²) in [6.07, 6.45) is 0.175. The van der Waals surface area contributed by atoms with Gasteiger partial charge in [0, 0.05) is 12.5 Å². The monoisotopic (exact) mass is 441 g/mol. The minimum atomic E-state index is -0.616. The fourth-order valence-electron chi connectivity index (χ4n) is 3.92. The number of hydrazine groups is 1. The van der Waals surface area contributed by atoms with Crippen LogP contribution >= 0.6 is 0 Å². The van der Waals surface area contributed by atoms with Crippen molar-refractivity contribution in [2.75, 3.05) is 5.01 Å². The summed E-state index contributed by atoms with van der Waals surface area (Å²) in [6, 6.07) is 20.7. The summed E-state index contributed by atoms with van der Waals surface area (Å²) in [5.74, 6) is -0.588. The van der Waals surface area contributed by atoms with Crippen molar-refractivity contribution in [2.45, 2.75) is 19.4 Å². The Morgan fingerprint density at radius 2 is 1.73 bits per heavy atom. The molecular formula is C24H19N5O4. The van der Waals surface area contributed by atoms with Crippen molar-refractivity contribution in [3.63, 3.8) is 0 Å². The maximum absolute atomic E-state index is 12.8. The molecule has 0 radical (unpaired) electrons. The maximum atomic E-state index is 12.8. The predicted molar refractivity (Wildman–Crippen MR) is 119 cm³/mol. The van der Waals surface area contributed by atoms with Gasteiger partial charge in [0.15, 0.2) is 5.70 Å². The molecule has 1 atom stereocenters. The first-order valence-electron chi connectivity index (χ1n) is 10.3. The lowest BCUT2D eigenvalue weighted by Gasteiger charge is -2.18. The quantitative estimate of drug-likeness (QED) is 0.380. The fraction of sp³-hybridized carbons (Fsp3) is 0.125. The molecule has 0 amide bonds. The summed E-state index contributed by atoms with van der Waals surface area (Å²) in [5, 5.41) is 14.4. The Bertz CT molecular complexity index is 1420. The SMILES string of the molecule is Cc1ccc(N2NOC(=O)/C2=C2/CC(c3ccccc3[N+](=O)[O-])N=c3ccccc3=N2)cc1. The zero-order chi connectivity index (χ0) is 22.9. The van der Waals surface area contributed by atoms with E-state index in [1.165, 1.54) is 11.1 Å². The van der Waals surface area contributed by atoms with Crippen LogP contribution in [0.1, 0.15) is 23.6 Å². The van der Waals surface area contributed by atoms with Crippen molar-refractivity contribution in [2.24, 2.45) is 9.98 Å². The van der Waals surface area contributed by atoms with Crippen molar-refractivity contribution in [3.05, 3.63) is 116 Å². The van der Waals surface area contributed by atoms with Gasteiger partial charge in [-0.05, 0) is 37.3 Å². The van der Waals surface area contributed by atoms with Gasteiger partial charge in [0.2, 0.25) is 0 Å². The Labute approximate surface area is 188 Å². The van der Waals surface area contributed by atoms with Crippen LogP contribution in [0.3, 0.4) is 0 Å². The normalized spacial score (nSPS) is 19.7. The Hall–Kier alpha value is -4.37. The van der Waals surface area contributed by atoms with Crippen LogP contribution in [0.2, 0.25) is 0 Å². The number of para-hydroxylation sites is 3. The molecule has 0 bridgehead atoms. The summed E-state index contributed by atoms with van der Waals surface area (Å²) in [6.45, 7) is 1.97. The van der Waals surface area contributed by atoms with Crippen molar-refractivity contribution >= 4 is 17.3 Å². The molecule has 9 heteroatoms. The average Bonchev–Trinajstić information content (AvgIpc) is 3.09. The first kappa shape index (κ1) is 20.5. The Morgan fingerprint density at radius 1 is 1.03 bits per heavy atom. The number of aryl methyl sites for hydroxylation is 1. The fourth-order valence-corrected chi connectivity index (χ4v) is 3.92. The van der Waals surface area contributed by atoms with Crippen molar-refractivity contribution in [3.8, 4) is 0 Å². The topological polar surface area (TPSA) is 109 Å². The molecule has 5 rings (SSSR count). The Morgan fingerprint density at radius 3 is 2.48 bits per heavy atom. The van der Waals surface area contributed by atoms with E-state index in [4.69, 9.17) is 14.8 Å². The lowest BCUT2D eigenvalue weighted by Crippen LogP contribution is -2.29. The lowest BCUT2D eigenvalue weighted by atomic mass is 10.00. The van der Waals surface area contributed by atoms with E-state index in [0.29, 0.717) is 27.7 Å². The number of fused-ring (bicyclic) bond motifs is 1. The number of carbonyl (C=O) groups is 1. The minimum absolute atomic E-state index is 0.0301. The smallest absolute Gasteiger partial charge is 0.345 e. The summed E-state index contributed by atoms with van der Waals surface area (Å²) in [4.78, 5) is 38.7. The van der Waals surface area contributed by atoms with Gasteiger partial charge in [0.05, 0.1) is 38.6 Å². The van der Waals surface area contributed by atoms with Gasteiger partial charge in [-0.15, -0.1) is 0 Å². The van der Waals surface area contributed by atoms with Crippen LogP contribution < -0.4 is 21.3 Å². The molecular weight excluding hydrogens is 422 g/mol. The predicted octanol–water partition coefficient (Wildman–Crippen LogP) is 2.98. The summed E-state index contributed by atoms with van der Waals surface area (Å²) in [5.41, 5.74) is 5.47. The van der Waals surface area contributed by atoms with E-state index in [9.17, 15) is 14.9 Å². The van der Waals surface area contributed by atoms with E-state index in [0.717, 1.165) is 5.56 Å². The zero-order valence-corrected chi connectivity index (χ0v) is 17.6. The summed E-state index contributed by atoms with van der Waals surface area (Å²) >= 11 is 0. The van der Waals surface area contributed by atoms with Crippen LogP contribution in [0.4, 0.5) is 11.4 Å². The molecule has 9 nitrogen and oxygen atoms in total. The molecule has 1 fully saturated rings. The molecule has 1 saturated heterocycles. The van der Waals surface area contributed by atoms with Gasteiger partial charge in [0.25, 0.3) is 5.69 Å². The lowest BCUT2D eigenvalue weighted by molar-refractivity contribution is -0.385. The molecule has 0 spiro atoms. The van der Waals surface area contributed by atoms with Gasteiger partial charge < -0.3 is 4.84 Å². The molecule has 0 aromatic heterocycles. The number of hydrogen-bond donors (Lipinski definition) is 1. The molecule has 2 aliphatic heterocycles. The molecule has 33 heavy (non-hydrogen) atoms. The molecule has 0 saturated carbocycles. The second kappa shape index (κ2) is 8.29. The standard InChI is InChI=1S/C24H19N5O4/c1-15-10-12-16(13-11-15)28-23(24(30)33-27-28)21-14-20(17-6-2-5-9-22(17)29(31)32)25-18-7-3-4-8-19(18)26-21/h2-13,20,27H,14H2,1H3/b23-21+. The number of hydrogen-bond acceptors (Lipinski definition) is 8. The van der Waals surface area contributed by atoms with Crippen LogP contribution in [0.15, 0.2) is 94.2 Å². The Kier molecular flexibility index (Phi) is 5.15. The molecule has 2 heterocycles. The number of benzene rings is 3. The number of rotatable bonds is 3. The third kappa shape index (κ3) is 3.85. The van der Waals surface area contributed by atoms with Gasteiger partial charge in [-0.3, -0.25) is 15.1 Å². The number of anilines is 1. The number of nitro benzene ring substituents is 1. The van der Waals surface area contributed by atoms with Crippen LogP contribution in [0.5, 0.6) is 0 Å². The minimum Gasteiger partial charge on any atom is -0.345 e. The zero-order valence-electron chi connectivity index (χ0n) is 17.6. The highest BCUT2D eigenvalue weighted by Crippen LogP contribution is 2.35. The second-order valence-corrected chi connectivity index (χ2v) is 7.71. The molecule has 1 unspecified atom stereocenters. The highest BCUT2D eigenvalue weighted by molar-refractivity contribution is 5.95. The van der Waals surface area contributed by atoms with Crippen LogP contribution in [0.25, 0.3) is 0 Å². The largest absolute Gasteiger partial charge is 0.378 e. The van der Waals surface area contributed by atoms with Crippen LogP contribution in [-0.4, -0.2) is 10.9 Å². The molecule has 3 aromatic rings. The maximum Gasteiger partial charge on any atom is 0.378 e.